The number of benzene rings is 2. The fourth-order valence-corrected chi connectivity index (χ4v) is 4.02. The third-order valence-electron chi connectivity index (χ3n) is 5.38. The number of nitrogens with zero attached hydrogens (tertiary/aromatic N) is 3. The van der Waals surface area contributed by atoms with E-state index in [1.54, 1.807) is 0 Å². The second-order valence-electron chi connectivity index (χ2n) is 7.73. The SMILES string of the molecule is Nc1ccc(N=Nc2cc[n+](CCCCCCCCCCBr)cc2)c2ccccc12. The Morgan fingerprint density at radius 3 is 2.03 bits per heavy atom. The molecule has 0 atom stereocenters. The third-order valence-corrected chi connectivity index (χ3v) is 5.94. The van der Waals surface area contributed by atoms with Crippen molar-refractivity contribution in [1.82, 2.24) is 0 Å². The van der Waals surface area contributed by atoms with Crippen molar-refractivity contribution in [3.8, 4) is 0 Å². The van der Waals surface area contributed by atoms with Gasteiger partial charge in [0, 0.05) is 40.3 Å². The summed E-state index contributed by atoms with van der Waals surface area (Å²) < 4.78 is 2.23. The van der Waals surface area contributed by atoms with E-state index in [9.17, 15) is 0 Å². The van der Waals surface area contributed by atoms with Crippen molar-refractivity contribution in [3.05, 3.63) is 60.9 Å². The van der Waals surface area contributed by atoms with E-state index in [0.717, 1.165) is 39.7 Å². The number of rotatable bonds is 12. The zero-order valence-electron chi connectivity index (χ0n) is 17.6. The summed E-state index contributed by atoms with van der Waals surface area (Å²) in [6.45, 7) is 1.06. The van der Waals surface area contributed by atoms with Gasteiger partial charge in [-0.3, -0.25) is 0 Å². The van der Waals surface area contributed by atoms with Gasteiger partial charge in [-0.2, -0.15) is 5.11 Å². The van der Waals surface area contributed by atoms with Gasteiger partial charge >= 0.3 is 0 Å². The van der Waals surface area contributed by atoms with Crippen LogP contribution in [0.2, 0.25) is 0 Å². The first-order valence-electron chi connectivity index (χ1n) is 11.0. The van der Waals surface area contributed by atoms with E-state index in [2.05, 4.69) is 43.1 Å². The molecule has 30 heavy (non-hydrogen) atoms. The zero-order valence-corrected chi connectivity index (χ0v) is 19.2. The Bertz CT molecular complexity index is 938. The molecule has 0 aliphatic heterocycles. The van der Waals surface area contributed by atoms with Gasteiger partial charge in [0.25, 0.3) is 0 Å². The fraction of sp³-hybridized carbons (Fsp3) is 0.400. The summed E-state index contributed by atoms with van der Waals surface area (Å²) >= 11 is 3.49. The predicted octanol–water partition coefficient (Wildman–Crippen LogP) is 7.64. The van der Waals surface area contributed by atoms with E-state index in [1.165, 1.54) is 51.4 Å². The van der Waals surface area contributed by atoms with Crippen molar-refractivity contribution in [2.24, 2.45) is 10.2 Å². The number of fused-ring (bicyclic) bond motifs is 1. The number of nitrogens with two attached hydrogens (primary N) is 1. The lowest BCUT2D eigenvalue weighted by Gasteiger charge is -2.04. The molecule has 0 spiro atoms. The van der Waals surface area contributed by atoms with Crippen LogP contribution >= 0.6 is 15.9 Å². The lowest BCUT2D eigenvalue weighted by Crippen LogP contribution is -2.32. The molecule has 0 unspecified atom stereocenters. The highest BCUT2D eigenvalue weighted by molar-refractivity contribution is 9.09. The van der Waals surface area contributed by atoms with Gasteiger partial charge in [0.1, 0.15) is 6.54 Å². The van der Waals surface area contributed by atoms with E-state index in [4.69, 9.17) is 5.73 Å². The Hall–Kier alpha value is -2.27. The molecule has 158 valence electrons. The molecule has 5 heteroatoms. The number of hydrogen-bond acceptors (Lipinski definition) is 3. The van der Waals surface area contributed by atoms with Crippen molar-refractivity contribution in [1.29, 1.82) is 0 Å². The number of pyridine rings is 1. The molecule has 0 saturated heterocycles. The number of hydrogen-bond donors (Lipinski definition) is 1. The average Bonchev–Trinajstić information content (AvgIpc) is 2.78. The fourth-order valence-electron chi connectivity index (χ4n) is 3.62. The number of aryl methyl sites for hydroxylation is 1. The Morgan fingerprint density at radius 2 is 1.33 bits per heavy atom. The van der Waals surface area contributed by atoms with Crippen molar-refractivity contribution >= 4 is 43.8 Å². The monoisotopic (exact) mass is 467 g/mol. The number of aromatic nitrogens is 1. The number of azo groups is 1. The Balaban J connectivity index is 1.45. The molecule has 0 amide bonds. The quantitative estimate of drug-likeness (QED) is 0.0959. The van der Waals surface area contributed by atoms with Crippen molar-refractivity contribution in [2.45, 2.75) is 57.9 Å². The van der Waals surface area contributed by atoms with Crippen LogP contribution in [-0.2, 0) is 6.54 Å². The number of halogens is 1. The van der Waals surface area contributed by atoms with Crippen LogP contribution in [0, 0.1) is 0 Å². The first-order valence-corrected chi connectivity index (χ1v) is 12.1. The topological polar surface area (TPSA) is 54.6 Å². The Morgan fingerprint density at radius 1 is 0.700 bits per heavy atom. The predicted molar refractivity (Wildman–Crippen MR) is 130 cm³/mol. The molecule has 0 aliphatic carbocycles. The van der Waals surface area contributed by atoms with E-state index in [1.807, 2.05) is 48.5 Å². The molecule has 0 saturated carbocycles. The second kappa shape index (κ2) is 12.4. The lowest BCUT2D eigenvalue weighted by molar-refractivity contribution is -0.697. The molecule has 3 rings (SSSR count). The molecule has 0 radical (unpaired) electrons. The van der Waals surface area contributed by atoms with Crippen LogP contribution in [0.1, 0.15) is 51.4 Å². The molecular weight excluding hydrogens is 436 g/mol. The summed E-state index contributed by atoms with van der Waals surface area (Å²) in [7, 11) is 0. The van der Waals surface area contributed by atoms with Crippen LogP contribution < -0.4 is 10.3 Å². The maximum Gasteiger partial charge on any atom is 0.171 e. The van der Waals surface area contributed by atoms with E-state index < -0.39 is 0 Å². The summed E-state index contributed by atoms with van der Waals surface area (Å²) in [5.74, 6) is 0. The number of alkyl halides is 1. The van der Waals surface area contributed by atoms with Crippen LogP contribution in [0.15, 0.2) is 71.2 Å². The highest BCUT2D eigenvalue weighted by Crippen LogP contribution is 2.31. The van der Waals surface area contributed by atoms with Gasteiger partial charge in [0.05, 0.1) is 11.4 Å². The molecule has 1 heterocycles. The minimum absolute atomic E-state index is 0.764. The lowest BCUT2D eigenvalue weighted by atomic mass is 10.1. The molecular formula is C25H32BrN4+. The molecule has 0 aliphatic rings. The molecule has 0 fully saturated rings. The van der Waals surface area contributed by atoms with Gasteiger partial charge in [-0.25, -0.2) is 4.57 Å². The largest absolute Gasteiger partial charge is 0.398 e. The van der Waals surface area contributed by atoms with Gasteiger partial charge in [-0.05, 0) is 25.0 Å². The maximum absolute atomic E-state index is 6.06. The van der Waals surface area contributed by atoms with E-state index in [0.29, 0.717) is 0 Å². The van der Waals surface area contributed by atoms with E-state index >= 15 is 0 Å². The molecule has 2 N–H and O–H groups in total. The zero-order chi connectivity index (χ0) is 21.0. The average molecular weight is 468 g/mol. The first-order chi connectivity index (χ1) is 14.8. The molecule has 4 nitrogen and oxygen atoms in total. The van der Waals surface area contributed by atoms with Gasteiger partial charge in [-0.15, -0.1) is 5.11 Å². The molecule has 0 bridgehead atoms. The summed E-state index contributed by atoms with van der Waals surface area (Å²) in [5, 5.41) is 12.0. The second-order valence-corrected chi connectivity index (χ2v) is 8.52. The van der Waals surface area contributed by atoms with Crippen LogP contribution in [0.4, 0.5) is 17.1 Å². The smallest absolute Gasteiger partial charge is 0.171 e. The highest BCUT2D eigenvalue weighted by Gasteiger charge is 2.04. The highest BCUT2D eigenvalue weighted by atomic mass is 79.9. The summed E-state index contributed by atoms with van der Waals surface area (Å²) in [6.07, 6.45) is 14.9. The van der Waals surface area contributed by atoms with Crippen molar-refractivity contribution < 1.29 is 4.57 Å². The maximum atomic E-state index is 6.06. The van der Waals surface area contributed by atoms with Gasteiger partial charge in [-0.1, -0.05) is 72.3 Å². The molecule has 1 aromatic heterocycles. The number of anilines is 1. The van der Waals surface area contributed by atoms with Crippen LogP contribution in [0.5, 0.6) is 0 Å². The minimum Gasteiger partial charge on any atom is -0.398 e. The first kappa shape index (κ1) is 22.4. The normalized spacial score (nSPS) is 11.5. The Labute approximate surface area is 188 Å². The van der Waals surface area contributed by atoms with E-state index in [-0.39, 0.29) is 0 Å². The molecule has 3 aromatic rings. The Kier molecular flexibility index (Phi) is 9.29. The van der Waals surface area contributed by atoms with Crippen molar-refractivity contribution in [2.75, 3.05) is 11.1 Å². The van der Waals surface area contributed by atoms with Crippen molar-refractivity contribution in [3.63, 3.8) is 0 Å². The van der Waals surface area contributed by atoms with Gasteiger partial charge in [0.2, 0.25) is 0 Å². The summed E-state index contributed by atoms with van der Waals surface area (Å²) in [5.41, 5.74) is 8.52. The van der Waals surface area contributed by atoms with Gasteiger partial charge < -0.3 is 5.73 Å². The third kappa shape index (κ3) is 6.91. The standard InChI is InChI=1S/C25H31BrN4/c26-17-9-5-3-1-2-4-6-10-18-30-19-15-21(16-20-30)28-29-25-14-13-24(27)22-11-7-8-12-23(22)25/h7-8,11-16,19-20,27H,1-6,9-10,17-18H2/p+1. The number of nitrogen functional groups attached to an aromatic ring is 1. The van der Waals surface area contributed by atoms with Crippen LogP contribution in [0.25, 0.3) is 10.8 Å². The van der Waals surface area contributed by atoms with Crippen LogP contribution in [-0.4, -0.2) is 5.33 Å². The summed E-state index contributed by atoms with van der Waals surface area (Å²) in [6, 6.07) is 15.9. The minimum atomic E-state index is 0.764. The summed E-state index contributed by atoms with van der Waals surface area (Å²) in [4.78, 5) is 0. The van der Waals surface area contributed by atoms with Crippen LogP contribution in [0.3, 0.4) is 0 Å². The van der Waals surface area contributed by atoms with Gasteiger partial charge in [0.15, 0.2) is 12.4 Å². The molecule has 2 aromatic carbocycles. The number of unbranched alkanes of at least 4 members (excludes halogenated alkanes) is 7.